The minimum atomic E-state index is -3.35. The van der Waals surface area contributed by atoms with Crippen LogP contribution < -0.4 is 10.0 Å². The van der Waals surface area contributed by atoms with Crippen molar-refractivity contribution in [3.63, 3.8) is 0 Å². The molecule has 0 radical (unpaired) electrons. The topological polar surface area (TPSA) is 81.8 Å². The first-order chi connectivity index (χ1) is 10.7. The third kappa shape index (κ3) is 4.81. The highest BCUT2D eigenvalue weighted by Gasteiger charge is 2.36. The van der Waals surface area contributed by atoms with Gasteiger partial charge in [-0.1, -0.05) is 0 Å². The fraction of sp³-hybridized carbons (Fsp3) is 0.933. The molecule has 2 rings (SSSR count). The van der Waals surface area contributed by atoms with Crippen LogP contribution >= 0.6 is 0 Å². The van der Waals surface area contributed by atoms with Crippen LogP contribution in [0.15, 0.2) is 0 Å². The Morgan fingerprint density at radius 3 is 2.48 bits per heavy atom. The summed E-state index contributed by atoms with van der Waals surface area (Å²) in [5.74, 6) is 0. The molecule has 0 spiro atoms. The fourth-order valence-corrected chi connectivity index (χ4v) is 5.06. The second kappa shape index (κ2) is 7.36. The van der Waals surface area contributed by atoms with E-state index in [0.29, 0.717) is 19.0 Å². The van der Waals surface area contributed by atoms with E-state index in [-0.39, 0.29) is 24.7 Å². The molecule has 0 aromatic carbocycles. The average molecular weight is 346 g/mol. The van der Waals surface area contributed by atoms with E-state index in [4.69, 9.17) is 0 Å². The lowest BCUT2D eigenvalue weighted by atomic mass is 10.2. The maximum atomic E-state index is 12.4. The van der Waals surface area contributed by atoms with Crippen LogP contribution in [0.3, 0.4) is 0 Å². The number of hydrogen-bond donors (Lipinski definition) is 2. The molecule has 8 heteroatoms. The van der Waals surface area contributed by atoms with Crippen LogP contribution in [0.2, 0.25) is 0 Å². The van der Waals surface area contributed by atoms with E-state index in [1.165, 1.54) is 0 Å². The molecule has 2 aliphatic rings. The van der Waals surface area contributed by atoms with Gasteiger partial charge >= 0.3 is 6.03 Å². The summed E-state index contributed by atoms with van der Waals surface area (Å²) < 4.78 is 27.0. The second-order valence-corrected chi connectivity index (χ2v) is 9.24. The van der Waals surface area contributed by atoms with Crippen molar-refractivity contribution in [3.05, 3.63) is 0 Å². The van der Waals surface area contributed by atoms with E-state index < -0.39 is 15.3 Å². The van der Waals surface area contributed by atoms with Crippen molar-refractivity contribution in [2.45, 2.75) is 62.9 Å². The number of rotatable bonds is 5. The van der Waals surface area contributed by atoms with Gasteiger partial charge in [-0.05, 0) is 53.6 Å². The van der Waals surface area contributed by atoms with Crippen molar-refractivity contribution in [3.8, 4) is 0 Å². The van der Waals surface area contributed by atoms with Gasteiger partial charge in [0, 0.05) is 31.2 Å². The normalized spacial score (nSPS) is 28.8. The first kappa shape index (κ1) is 18.5. The van der Waals surface area contributed by atoms with E-state index in [9.17, 15) is 13.2 Å². The van der Waals surface area contributed by atoms with Crippen molar-refractivity contribution < 1.29 is 13.2 Å². The second-order valence-electron chi connectivity index (χ2n) is 7.25. The number of likely N-dealkylation sites (tertiary alicyclic amines) is 1. The zero-order chi connectivity index (χ0) is 17.2. The molecule has 0 bridgehead atoms. The Morgan fingerprint density at radius 2 is 1.91 bits per heavy atom. The molecule has 1 aliphatic heterocycles. The van der Waals surface area contributed by atoms with E-state index in [1.807, 2.05) is 0 Å². The Bertz CT molecular complexity index is 521. The molecule has 2 amide bonds. The maximum Gasteiger partial charge on any atom is 0.317 e. The molecule has 1 saturated heterocycles. The molecule has 0 aromatic heterocycles. The number of hydrogen-bond acceptors (Lipinski definition) is 4. The quantitative estimate of drug-likeness (QED) is 0.763. The van der Waals surface area contributed by atoms with Crippen molar-refractivity contribution in [1.82, 2.24) is 19.8 Å². The molecule has 134 valence electrons. The van der Waals surface area contributed by atoms with Gasteiger partial charge in [-0.25, -0.2) is 17.9 Å². The average Bonchev–Trinajstić information content (AvgIpc) is 3.05. The van der Waals surface area contributed by atoms with Gasteiger partial charge in [-0.2, -0.15) is 0 Å². The van der Waals surface area contributed by atoms with Gasteiger partial charge in [0.15, 0.2) is 0 Å². The summed E-state index contributed by atoms with van der Waals surface area (Å²) in [6.45, 7) is 4.38. The molecule has 1 heterocycles. The largest absolute Gasteiger partial charge is 0.335 e. The first-order valence-corrected chi connectivity index (χ1v) is 9.96. The molecule has 0 unspecified atom stereocenters. The van der Waals surface area contributed by atoms with Crippen LogP contribution in [0.25, 0.3) is 0 Å². The lowest BCUT2D eigenvalue weighted by molar-refractivity contribution is 0.203. The third-order valence-corrected chi connectivity index (χ3v) is 6.80. The molecular weight excluding hydrogens is 316 g/mol. The van der Waals surface area contributed by atoms with E-state index in [1.54, 1.807) is 18.7 Å². The summed E-state index contributed by atoms with van der Waals surface area (Å²) >= 11 is 0. The van der Waals surface area contributed by atoms with E-state index in [0.717, 1.165) is 19.3 Å². The predicted octanol–water partition coefficient (Wildman–Crippen LogP) is 0.581. The highest BCUT2D eigenvalue weighted by atomic mass is 32.2. The number of nitrogens with zero attached hydrogens (tertiary/aromatic N) is 2. The summed E-state index contributed by atoms with van der Waals surface area (Å²) in [4.78, 5) is 16.2. The molecule has 2 N–H and O–H groups in total. The van der Waals surface area contributed by atoms with Crippen LogP contribution in [0.1, 0.15) is 39.5 Å². The molecular formula is C15H30N4O3S. The third-order valence-electron chi connectivity index (χ3n) is 4.73. The number of amides is 2. The molecule has 3 atom stereocenters. The van der Waals surface area contributed by atoms with Gasteiger partial charge in [0.2, 0.25) is 10.0 Å². The van der Waals surface area contributed by atoms with Gasteiger partial charge in [0.25, 0.3) is 0 Å². The predicted molar refractivity (Wildman–Crippen MR) is 90.8 cm³/mol. The van der Waals surface area contributed by atoms with Crippen LogP contribution in [0.5, 0.6) is 0 Å². The standard InChI is InChI=1S/C15H30N4O3S/c1-11(2)17-23(21,22)14-7-8-19(10-14)15(20)16-12-5-6-13(9-12)18(3)4/h11-14,17H,5-10H2,1-4H3,(H,16,20)/t12-,13-,14+/m0/s1. The Hall–Kier alpha value is -0.860. The summed E-state index contributed by atoms with van der Waals surface area (Å²) in [6.07, 6.45) is 3.54. The van der Waals surface area contributed by atoms with Crippen molar-refractivity contribution in [2.24, 2.45) is 0 Å². The van der Waals surface area contributed by atoms with E-state index >= 15 is 0 Å². The fourth-order valence-electron chi connectivity index (χ4n) is 3.41. The lowest BCUT2D eigenvalue weighted by Gasteiger charge is -2.22. The Labute approximate surface area is 139 Å². The molecule has 0 aromatic rings. The number of carbonyl (C=O) groups excluding carboxylic acids is 1. The van der Waals surface area contributed by atoms with Crippen LogP contribution in [-0.4, -0.2) is 74.8 Å². The van der Waals surface area contributed by atoms with Crippen molar-refractivity contribution >= 4 is 16.1 Å². The molecule has 2 fully saturated rings. The lowest BCUT2D eigenvalue weighted by Crippen LogP contribution is -2.45. The van der Waals surface area contributed by atoms with Gasteiger partial charge < -0.3 is 15.1 Å². The number of urea groups is 1. The summed E-state index contributed by atoms with van der Waals surface area (Å²) in [7, 11) is 0.773. The zero-order valence-electron chi connectivity index (χ0n) is 14.6. The number of carbonyl (C=O) groups is 1. The zero-order valence-corrected chi connectivity index (χ0v) is 15.4. The highest BCUT2D eigenvalue weighted by Crippen LogP contribution is 2.23. The van der Waals surface area contributed by atoms with E-state index in [2.05, 4.69) is 29.0 Å². The first-order valence-electron chi connectivity index (χ1n) is 8.42. The van der Waals surface area contributed by atoms with Gasteiger partial charge in [0.1, 0.15) is 0 Å². The molecule has 23 heavy (non-hydrogen) atoms. The number of nitrogens with one attached hydrogen (secondary N) is 2. The minimum absolute atomic E-state index is 0.121. The van der Waals surface area contributed by atoms with Gasteiger partial charge in [-0.15, -0.1) is 0 Å². The van der Waals surface area contributed by atoms with Crippen LogP contribution in [0, 0.1) is 0 Å². The van der Waals surface area contributed by atoms with Gasteiger partial charge in [-0.3, -0.25) is 0 Å². The van der Waals surface area contributed by atoms with Crippen molar-refractivity contribution in [2.75, 3.05) is 27.2 Å². The molecule has 7 nitrogen and oxygen atoms in total. The number of sulfonamides is 1. The van der Waals surface area contributed by atoms with Crippen molar-refractivity contribution in [1.29, 1.82) is 0 Å². The summed E-state index contributed by atoms with van der Waals surface area (Å²) in [5.41, 5.74) is 0. The van der Waals surface area contributed by atoms with Gasteiger partial charge in [0.05, 0.1) is 5.25 Å². The monoisotopic (exact) mass is 346 g/mol. The summed E-state index contributed by atoms with van der Waals surface area (Å²) in [6, 6.07) is 0.461. The smallest absolute Gasteiger partial charge is 0.317 e. The Morgan fingerprint density at radius 1 is 1.22 bits per heavy atom. The minimum Gasteiger partial charge on any atom is -0.335 e. The Balaban J connectivity index is 1.84. The Kier molecular flexibility index (Phi) is 5.91. The summed E-state index contributed by atoms with van der Waals surface area (Å²) in [5, 5.41) is 2.56. The molecule has 1 saturated carbocycles. The molecule has 1 aliphatic carbocycles. The SMILES string of the molecule is CC(C)NS(=O)(=O)[C@@H]1CCN(C(=O)N[C@H]2CC[C@H](N(C)C)C2)C1. The van der Waals surface area contributed by atoms with Crippen LogP contribution in [-0.2, 0) is 10.0 Å². The van der Waals surface area contributed by atoms with Crippen LogP contribution in [0.4, 0.5) is 4.79 Å². The highest BCUT2D eigenvalue weighted by molar-refractivity contribution is 7.90. The maximum absolute atomic E-state index is 12.4.